The van der Waals surface area contributed by atoms with Crippen LogP contribution in [-0.2, 0) is 0 Å². The first-order valence-electron chi connectivity index (χ1n) is 5.86. The molecule has 1 heterocycles. The van der Waals surface area contributed by atoms with Gasteiger partial charge in [0.05, 0.1) is 0 Å². The zero-order valence-electron chi connectivity index (χ0n) is 10.8. The Morgan fingerprint density at radius 2 is 1.67 bits per heavy atom. The van der Waals surface area contributed by atoms with Gasteiger partial charge in [-0.3, -0.25) is 4.90 Å². The highest BCUT2D eigenvalue weighted by Crippen LogP contribution is 2.41. The van der Waals surface area contributed by atoms with Gasteiger partial charge in [-0.15, -0.1) is 24.8 Å². The lowest BCUT2D eigenvalue weighted by Gasteiger charge is -2.36. The second-order valence-corrected chi connectivity index (χ2v) is 5.24. The number of nitrogens with zero attached hydrogens (tertiary/aromatic N) is 1. The highest BCUT2D eigenvalue weighted by atomic mass is 35.5. The molecule has 0 saturated carbocycles. The molecule has 1 aliphatic rings. The van der Waals surface area contributed by atoms with Crippen LogP contribution in [0.4, 0.5) is 13.2 Å². The minimum atomic E-state index is -4.38. The summed E-state index contributed by atoms with van der Waals surface area (Å²) < 4.78 is 40.0. The highest BCUT2D eigenvalue weighted by Gasteiger charge is 2.45. The minimum absolute atomic E-state index is 0. The summed E-state index contributed by atoms with van der Waals surface area (Å²) in [6.45, 7) is 1.72. The van der Waals surface area contributed by atoms with Crippen LogP contribution in [0.2, 0.25) is 10.0 Å². The fourth-order valence-electron chi connectivity index (χ4n) is 2.24. The van der Waals surface area contributed by atoms with E-state index in [1.807, 2.05) is 0 Å². The molecule has 1 aliphatic heterocycles. The number of rotatable bonds is 2. The molecular formula is C12H15Cl4F3N2. The molecule has 1 aromatic carbocycles. The van der Waals surface area contributed by atoms with Gasteiger partial charge in [0, 0.05) is 36.2 Å². The molecule has 0 bridgehead atoms. The third kappa shape index (κ3) is 5.34. The summed E-state index contributed by atoms with van der Waals surface area (Å²) in [6, 6.07) is 2.48. The zero-order valence-corrected chi connectivity index (χ0v) is 13.9. The maximum absolute atomic E-state index is 13.3. The van der Waals surface area contributed by atoms with Crippen LogP contribution in [0.15, 0.2) is 18.2 Å². The molecule has 0 aliphatic carbocycles. The summed E-state index contributed by atoms with van der Waals surface area (Å²) in [4.78, 5) is 1.38. The fraction of sp³-hybridized carbons (Fsp3) is 0.500. The first-order valence-corrected chi connectivity index (χ1v) is 6.61. The second-order valence-electron chi connectivity index (χ2n) is 4.40. The van der Waals surface area contributed by atoms with Crippen LogP contribution in [-0.4, -0.2) is 37.3 Å². The van der Waals surface area contributed by atoms with E-state index in [4.69, 9.17) is 23.2 Å². The Kier molecular flexibility index (Phi) is 8.69. The minimum Gasteiger partial charge on any atom is -0.314 e. The summed E-state index contributed by atoms with van der Waals surface area (Å²) in [7, 11) is 0. The van der Waals surface area contributed by atoms with Crippen molar-refractivity contribution >= 4 is 48.0 Å². The van der Waals surface area contributed by atoms with Crippen LogP contribution in [0.5, 0.6) is 0 Å². The lowest BCUT2D eigenvalue weighted by molar-refractivity contribution is -0.187. The third-order valence-electron chi connectivity index (χ3n) is 3.08. The molecule has 2 nitrogen and oxygen atoms in total. The van der Waals surface area contributed by atoms with Crippen LogP contribution in [0.3, 0.4) is 0 Å². The highest BCUT2D eigenvalue weighted by molar-refractivity contribution is 6.33. The quantitative estimate of drug-likeness (QED) is 0.814. The molecule has 1 N–H and O–H groups in total. The first kappa shape index (κ1) is 21.1. The van der Waals surface area contributed by atoms with Gasteiger partial charge in [-0.25, -0.2) is 0 Å². The van der Waals surface area contributed by atoms with Crippen molar-refractivity contribution in [2.24, 2.45) is 0 Å². The molecule has 0 spiro atoms. The van der Waals surface area contributed by atoms with Crippen LogP contribution in [0.1, 0.15) is 11.6 Å². The Labute approximate surface area is 143 Å². The molecule has 0 aromatic heterocycles. The molecule has 2 rings (SSSR count). The Balaban J connectivity index is 0.00000200. The van der Waals surface area contributed by atoms with Crippen LogP contribution in [0, 0.1) is 0 Å². The molecule has 0 amide bonds. The van der Waals surface area contributed by atoms with Crippen molar-refractivity contribution < 1.29 is 13.2 Å². The monoisotopic (exact) mass is 384 g/mol. The lowest BCUT2D eigenvalue weighted by Crippen LogP contribution is -2.49. The largest absolute Gasteiger partial charge is 0.408 e. The molecule has 1 aromatic rings. The summed E-state index contributed by atoms with van der Waals surface area (Å²) >= 11 is 11.7. The van der Waals surface area contributed by atoms with E-state index >= 15 is 0 Å². The van der Waals surface area contributed by atoms with E-state index in [1.54, 1.807) is 0 Å². The maximum atomic E-state index is 13.3. The number of alkyl halides is 3. The van der Waals surface area contributed by atoms with Crippen molar-refractivity contribution in [2.45, 2.75) is 12.2 Å². The molecule has 1 saturated heterocycles. The van der Waals surface area contributed by atoms with E-state index in [0.717, 1.165) is 0 Å². The number of nitrogens with one attached hydrogen (secondary N) is 1. The van der Waals surface area contributed by atoms with Gasteiger partial charge < -0.3 is 5.32 Å². The van der Waals surface area contributed by atoms with Gasteiger partial charge in [0.25, 0.3) is 0 Å². The van der Waals surface area contributed by atoms with E-state index in [1.165, 1.54) is 23.1 Å². The molecule has 1 atom stereocenters. The van der Waals surface area contributed by atoms with Gasteiger partial charge in [0.15, 0.2) is 0 Å². The SMILES string of the molecule is Cl.Cl.FC(F)(F)[C@H](c1cc(Cl)ccc1Cl)N1CCNCC1. The van der Waals surface area contributed by atoms with Gasteiger partial charge in [-0.05, 0) is 23.8 Å². The van der Waals surface area contributed by atoms with E-state index in [9.17, 15) is 13.2 Å². The standard InChI is InChI=1S/C12H13Cl2F3N2.2ClH/c13-8-1-2-10(14)9(7-8)11(12(15,16)17)19-5-3-18-4-6-19;;/h1-2,7,11,18H,3-6H2;2*1H/t11-;;/m0../s1. The van der Waals surface area contributed by atoms with Gasteiger partial charge >= 0.3 is 6.18 Å². The number of benzene rings is 1. The predicted octanol–water partition coefficient (Wildman–Crippen LogP) is 4.35. The Hall–Kier alpha value is 0.0900. The zero-order chi connectivity index (χ0) is 14.0. The first-order chi connectivity index (χ1) is 8.89. The van der Waals surface area contributed by atoms with Gasteiger partial charge in [-0.2, -0.15) is 13.2 Å². The van der Waals surface area contributed by atoms with Crippen LogP contribution >= 0.6 is 48.0 Å². The average Bonchev–Trinajstić information content (AvgIpc) is 2.33. The summed E-state index contributed by atoms with van der Waals surface area (Å²) in [5.41, 5.74) is 0.0172. The molecule has 122 valence electrons. The summed E-state index contributed by atoms with van der Waals surface area (Å²) in [6.07, 6.45) is -4.38. The molecule has 0 unspecified atom stereocenters. The number of piperazine rings is 1. The average molecular weight is 386 g/mol. The smallest absolute Gasteiger partial charge is 0.314 e. The lowest BCUT2D eigenvalue weighted by atomic mass is 10.0. The number of hydrogen-bond acceptors (Lipinski definition) is 2. The summed E-state index contributed by atoms with van der Waals surface area (Å²) in [5, 5.41) is 3.37. The van der Waals surface area contributed by atoms with Gasteiger partial charge in [0.1, 0.15) is 6.04 Å². The van der Waals surface area contributed by atoms with E-state index in [2.05, 4.69) is 5.32 Å². The van der Waals surface area contributed by atoms with Gasteiger partial charge in [-0.1, -0.05) is 23.2 Å². The Bertz CT molecular complexity index is 451. The van der Waals surface area contributed by atoms with Crippen LogP contribution < -0.4 is 5.32 Å². The molecule has 0 radical (unpaired) electrons. The summed E-state index contributed by atoms with van der Waals surface area (Å²) in [5.74, 6) is 0. The van der Waals surface area contributed by atoms with Crippen LogP contribution in [0.25, 0.3) is 0 Å². The fourth-order valence-corrected chi connectivity index (χ4v) is 2.65. The third-order valence-corrected chi connectivity index (χ3v) is 3.66. The number of halogens is 7. The van der Waals surface area contributed by atoms with E-state index in [-0.39, 0.29) is 40.4 Å². The topological polar surface area (TPSA) is 15.3 Å². The second kappa shape index (κ2) is 8.65. The van der Waals surface area contributed by atoms with Gasteiger partial charge in [0.2, 0.25) is 0 Å². The molecule has 9 heteroatoms. The molecule has 21 heavy (non-hydrogen) atoms. The molecule has 1 fully saturated rings. The molecular weight excluding hydrogens is 371 g/mol. The van der Waals surface area contributed by atoms with Crippen molar-refractivity contribution in [1.29, 1.82) is 0 Å². The van der Waals surface area contributed by atoms with E-state index in [0.29, 0.717) is 26.2 Å². The van der Waals surface area contributed by atoms with Crippen molar-refractivity contribution in [3.63, 3.8) is 0 Å². The maximum Gasteiger partial charge on any atom is 0.408 e. The van der Waals surface area contributed by atoms with Crippen molar-refractivity contribution in [1.82, 2.24) is 10.2 Å². The van der Waals surface area contributed by atoms with Crippen molar-refractivity contribution in [2.75, 3.05) is 26.2 Å². The van der Waals surface area contributed by atoms with Crippen molar-refractivity contribution in [3.05, 3.63) is 33.8 Å². The Morgan fingerprint density at radius 1 is 1.10 bits per heavy atom. The Morgan fingerprint density at radius 3 is 2.19 bits per heavy atom. The predicted molar refractivity (Wildman–Crippen MR) is 84.2 cm³/mol. The van der Waals surface area contributed by atoms with Crippen molar-refractivity contribution in [3.8, 4) is 0 Å². The van der Waals surface area contributed by atoms with E-state index < -0.39 is 12.2 Å². The normalized spacial score (nSPS) is 17.6. The number of hydrogen-bond donors (Lipinski definition) is 1.